The summed E-state index contributed by atoms with van der Waals surface area (Å²) in [4.78, 5) is 43.2. The van der Waals surface area contributed by atoms with Gasteiger partial charge in [-0.05, 0) is 30.2 Å². The summed E-state index contributed by atoms with van der Waals surface area (Å²) < 4.78 is 5.18. The van der Waals surface area contributed by atoms with Gasteiger partial charge in [0.2, 0.25) is 5.91 Å². The number of nitrogens with zero attached hydrogens (tertiary/aromatic N) is 1. The van der Waals surface area contributed by atoms with Crippen molar-refractivity contribution in [3.8, 4) is 11.3 Å². The van der Waals surface area contributed by atoms with Crippen LogP contribution in [0.1, 0.15) is 24.2 Å². The predicted octanol–water partition coefficient (Wildman–Crippen LogP) is 3.98. The molecule has 8 heteroatoms. The van der Waals surface area contributed by atoms with E-state index in [0.29, 0.717) is 28.7 Å². The molecule has 3 rings (SSSR count). The van der Waals surface area contributed by atoms with Crippen LogP contribution < -0.4 is 10.9 Å². The minimum Gasteiger partial charge on any atom is -0.462 e. The molecule has 2 aromatic carbocycles. The minimum atomic E-state index is -0.393. The lowest BCUT2D eigenvalue weighted by Gasteiger charge is -2.08. The van der Waals surface area contributed by atoms with E-state index in [1.807, 2.05) is 44.2 Å². The standard InChI is InChI=1S/C23H23N3O4S/c1-15(2)13-30-22(29)17-8-10-18(11-9-17)24-21(28)14-31-23-25-19(12-20(27)26-23)16-6-4-3-5-7-16/h3-12,15H,13-14H2,1-2H3,(H,24,28)(H,25,26,27). The van der Waals surface area contributed by atoms with Crippen molar-refractivity contribution in [3.63, 3.8) is 0 Å². The second kappa shape index (κ2) is 10.6. The molecule has 0 spiro atoms. The Morgan fingerprint density at radius 1 is 1.10 bits per heavy atom. The molecule has 1 aromatic heterocycles. The van der Waals surface area contributed by atoms with Gasteiger partial charge >= 0.3 is 5.97 Å². The number of aromatic amines is 1. The van der Waals surface area contributed by atoms with Crippen LogP contribution in [-0.2, 0) is 9.53 Å². The average Bonchev–Trinajstić information content (AvgIpc) is 2.77. The number of nitrogens with one attached hydrogen (secondary N) is 2. The van der Waals surface area contributed by atoms with E-state index in [0.717, 1.165) is 17.3 Å². The van der Waals surface area contributed by atoms with Crippen molar-refractivity contribution in [3.05, 3.63) is 76.6 Å². The Hall–Kier alpha value is -3.39. The van der Waals surface area contributed by atoms with Gasteiger partial charge in [-0.15, -0.1) is 0 Å². The molecule has 0 saturated heterocycles. The van der Waals surface area contributed by atoms with E-state index in [1.165, 1.54) is 6.07 Å². The number of esters is 1. The lowest BCUT2D eigenvalue weighted by atomic mass is 10.1. The highest BCUT2D eigenvalue weighted by Gasteiger charge is 2.10. The van der Waals surface area contributed by atoms with Gasteiger partial charge in [0.05, 0.1) is 23.6 Å². The number of hydrogen-bond donors (Lipinski definition) is 2. The molecule has 3 aromatic rings. The van der Waals surface area contributed by atoms with Crippen molar-refractivity contribution in [2.45, 2.75) is 19.0 Å². The Labute approximate surface area is 184 Å². The average molecular weight is 438 g/mol. The number of thioether (sulfide) groups is 1. The fraction of sp³-hybridized carbons (Fsp3) is 0.217. The summed E-state index contributed by atoms with van der Waals surface area (Å²) in [6.07, 6.45) is 0. The topological polar surface area (TPSA) is 101 Å². The molecule has 0 bridgehead atoms. The van der Waals surface area contributed by atoms with Crippen molar-refractivity contribution in [2.75, 3.05) is 17.7 Å². The van der Waals surface area contributed by atoms with Crippen molar-refractivity contribution in [2.24, 2.45) is 5.92 Å². The van der Waals surface area contributed by atoms with E-state index in [1.54, 1.807) is 24.3 Å². The second-order valence-electron chi connectivity index (χ2n) is 7.21. The maximum Gasteiger partial charge on any atom is 0.338 e. The molecular weight excluding hydrogens is 414 g/mol. The van der Waals surface area contributed by atoms with Crippen LogP contribution in [0.2, 0.25) is 0 Å². The SMILES string of the molecule is CC(C)COC(=O)c1ccc(NC(=O)CSc2nc(-c3ccccc3)cc(=O)[nH]2)cc1. The van der Waals surface area contributed by atoms with E-state index in [9.17, 15) is 14.4 Å². The van der Waals surface area contributed by atoms with E-state index in [4.69, 9.17) is 4.74 Å². The van der Waals surface area contributed by atoms with Crippen LogP contribution in [0.4, 0.5) is 5.69 Å². The minimum absolute atomic E-state index is 0.0688. The van der Waals surface area contributed by atoms with Gasteiger partial charge in [0.1, 0.15) is 0 Å². The molecule has 0 aliphatic carbocycles. The summed E-state index contributed by atoms with van der Waals surface area (Å²) in [6.45, 7) is 4.29. The van der Waals surface area contributed by atoms with Gasteiger partial charge in [0.15, 0.2) is 5.16 Å². The van der Waals surface area contributed by atoms with Crippen LogP contribution in [0.25, 0.3) is 11.3 Å². The zero-order chi connectivity index (χ0) is 22.2. The van der Waals surface area contributed by atoms with Crippen LogP contribution in [0, 0.1) is 5.92 Å². The lowest BCUT2D eigenvalue weighted by Crippen LogP contribution is -2.16. The summed E-state index contributed by atoms with van der Waals surface area (Å²) in [7, 11) is 0. The van der Waals surface area contributed by atoms with E-state index >= 15 is 0 Å². The Morgan fingerprint density at radius 2 is 1.81 bits per heavy atom. The Balaban J connectivity index is 1.56. The van der Waals surface area contributed by atoms with Crippen molar-refractivity contribution in [1.29, 1.82) is 0 Å². The number of rotatable bonds is 8. The number of H-pyrrole nitrogens is 1. The first kappa shape index (κ1) is 22.3. The number of carbonyl (C=O) groups is 2. The number of anilines is 1. The highest BCUT2D eigenvalue weighted by Crippen LogP contribution is 2.19. The van der Waals surface area contributed by atoms with Crippen LogP contribution in [0.3, 0.4) is 0 Å². The van der Waals surface area contributed by atoms with Gasteiger partial charge in [-0.1, -0.05) is 55.9 Å². The Bertz CT molecular complexity index is 1100. The van der Waals surface area contributed by atoms with Gasteiger partial charge in [-0.3, -0.25) is 9.59 Å². The third kappa shape index (κ3) is 6.82. The number of amides is 1. The normalized spacial score (nSPS) is 10.7. The number of benzene rings is 2. The molecule has 160 valence electrons. The van der Waals surface area contributed by atoms with Crippen LogP contribution in [0.15, 0.2) is 70.6 Å². The predicted molar refractivity (Wildman–Crippen MR) is 121 cm³/mol. The summed E-state index contributed by atoms with van der Waals surface area (Å²) in [5, 5.41) is 3.12. The molecule has 0 fully saturated rings. The lowest BCUT2D eigenvalue weighted by molar-refractivity contribution is -0.113. The molecule has 0 unspecified atom stereocenters. The van der Waals surface area contributed by atoms with Crippen molar-refractivity contribution < 1.29 is 14.3 Å². The molecule has 31 heavy (non-hydrogen) atoms. The Kier molecular flexibility index (Phi) is 7.61. The summed E-state index contributed by atoms with van der Waals surface area (Å²) in [5.41, 5.74) is 2.08. The Morgan fingerprint density at radius 3 is 2.48 bits per heavy atom. The first-order chi connectivity index (χ1) is 14.9. The van der Waals surface area contributed by atoms with Crippen molar-refractivity contribution >= 4 is 29.3 Å². The largest absolute Gasteiger partial charge is 0.462 e. The van der Waals surface area contributed by atoms with E-state index in [2.05, 4.69) is 15.3 Å². The highest BCUT2D eigenvalue weighted by molar-refractivity contribution is 7.99. The molecule has 1 amide bonds. The maximum atomic E-state index is 12.3. The number of aromatic nitrogens is 2. The molecule has 0 saturated carbocycles. The fourth-order valence-corrected chi connectivity index (χ4v) is 3.28. The molecule has 0 aliphatic heterocycles. The first-order valence-electron chi connectivity index (χ1n) is 9.77. The third-order valence-corrected chi connectivity index (χ3v) is 4.95. The monoisotopic (exact) mass is 437 g/mol. The summed E-state index contributed by atoms with van der Waals surface area (Å²) in [6, 6.07) is 17.3. The van der Waals surface area contributed by atoms with Crippen LogP contribution in [-0.4, -0.2) is 34.2 Å². The van der Waals surface area contributed by atoms with Gasteiger partial charge in [0, 0.05) is 17.3 Å². The summed E-state index contributed by atoms with van der Waals surface area (Å²) >= 11 is 1.14. The van der Waals surface area contributed by atoms with Crippen molar-refractivity contribution in [1.82, 2.24) is 9.97 Å². The number of hydrogen-bond acceptors (Lipinski definition) is 6. The second-order valence-corrected chi connectivity index (χ2v) is 8.17. The van der Waals surface area contributed by atoms with Gasteiger partial charge in [-0.2, -0.15) is 0 Å². The maximum absolute atomic E-state index is 12.3. The smallest absolute Gasteiger partial charge is 0.338 e. The zero-order valence-electron chi connectivity index (χ0n) is 17.3. The van der Waals surface area contributed by atoms with Gasteiger partial charge < -0.3 is 15.0 Å². The van der Waals surface area contributed by atoms with Gasteiger partial charge in [-0.25, -0.2) is 9.78 Å². The quantitative estimate of drug-likeness (QED) is 0.314. The molecule has 0 aliphatic rings. The zero-order valence-corrected chi connectivity index (χ0v) is 18.1. The molecule has 1 heterocycles. The number of carbonyl (C=O) groups excluding carboxylic acids is 2. The molecule has 2 N–H and O–H groups in total. The van der Waals surface area contributed by atoms with E-state index in [-0.39, 0.29) is 23.1 Å². The van der Waals surface area contributed by atoms with Gasteiger partial charge in [0.25, 0.3) is 5.56 Å². The molecule has 0 radical (unpaired) electrons. The molecule has 0 atom stereocenters. The third-order valence-electron chi connectivity index (χ3n) is 4.08. The summed E-state index contributed by atoms with van der Waals surface area (Å²) in [5.74, 6) is -0.319. The fourth-order valence-electron chi connectivity index (χ4n) is 2.61. The van der Waals surface area contributed by atoms with Crippen LogP contribution in [0.5, 0.6) is 0 Å². The van der Waals surface area contributed by atoms with E-state index < -0.39 is 5.97 Å². The molecular formula is C23H23N3O4S. The highest BCUT2D eigenvalue weighted by atomic mass is 32.2. The van der Waals surface area contributed by atoms with Crippen LogP contribution >= 0.6 is 11.8 Å². The number of ether oxygens (including phenoxy) is 1. The molecule has 7 nitrogen and oxygen atoms in total. The first-order valence-corrected chi connectivity index (χ1v) is 10.8.